The monoisotopic (exact) mass is 543 g/mol. The molecule has 0 atom stereocenters. The number of rotatable bonds is 5. The summed E-state index contributed by atoms with van der Waals surface area (Å²) in [5, 5.41) is 3.79. The number of alkyl halides is 3. The number of aromatic nitrogens is 2. The topological polar surface area (TPSA) is 67.0 Å². The number of benzene rings is 2. The summed E-state index contributed by atoms with van der Waals surface area (Å²) in [4.78, 5) is 19.4. The molecular formula is C30H33F4N3O2. The Kier molecular flexibility index (Phi) is 10.9. The number of aromatic amines is 1. The minimum absolute atomic E-state index is 0.217. The highest BCUT2D eigenvalue weighted by Crippen LogP contribution is 2.30. The van der Waals surface area contributed by atoms with Crippen LogP contribution in [0.5, 0.6) is 5.75 Å². The molecule has 1 aliphatic carbocycles. The lowest BCUT2D eigenvalue weighted by molar-refractivity contribution is -0.274. The average molecular weight is 544 g/mol. The predicted octanol–water partition coefficient (Wildman–Crippen LogP) is 8.29. The van der Waals surface area contributed by atoms with Gasteiger partial charge in [0.2, 0.25) is 0 Å². The van der Waals surface area contributed by atoms with E-state index in [0.717, 1.165) is 23.7 Å². The van der Waals surface area contributed by atoms with Gasteiger partial charge in [-0.05, 0) is 60.7 Å². The van der Waals surface area contributed by atoms with Crippen LogP contribution in [-0.2, 0) is 0 Å². The molecule has 1 fully saturated rings. The van der Waals surface area contributed by atoms with Gasteiger partial charge in [-0.2, -0.15) is 0 Å². The first-order chi connectivity index (χ1) is 18.8. The molecule has 2 aromatic carbocycles. The van der Waals surface area contributed by atoms with Gasteiger partial charge in [0.25, 0.3) is 5.91 Å². The Morgan fingerprint density at radius 1 is 1.03 bits per heavy atom. The van der Waals surface area contributed by atoms with E-state index in [1.54, 1.807) is 36.8 Å². The molecule has 5 nitrogen and oxygen atoms in total. The molecule has 208 valence electrons. The smallest absolute Gasteiger partial charge is 0.406 e. The van der Waals surface area contributed by atoms with Crippen molar-refractivity contribution in [3.05, 3.63) is 84.6 Å². The zero-order valence-electron chi connectivity index (χ0n) is 22.0. The molecule has 0 saturated heterocycles. The maximum absolute atomic E-state index is 12.6. The highest BCUT2D eigenvalue weighted by atomic mass is 19.4. The molecule has 1 saturated carbocycles. The molecule has 5 rings (SSSR count). The second-order valence-corrected chi connectivity index (χ2v) is 8.91. The van der Waals surface area contributed by atoms with Gasteiger partial charge in [-0.3, -0.25) is 9.78 Å². The number of halogens is 4. The van der Waals surface area contributed by atoms with Crippen LogP contribution < -0.4 is 10.1 Å². The van der Waals surface area contributed by atoms with Gasteiger partial charge >= 0.3 is 6.36 Å². The summed E-state index contributed by atoms with van der Waals surface area (Å²) in [6.45, 7) is 4.63. The van der Waals surface area contributed by atoms with E-state index in [-0.39, 0.29) is 17.5 Å². The summed E-state index contributed by atoms with van der Waals surface area (Å²) in [5.74, 6) is -0.261. The van der Waals surface area contributed by atoms with Crippen molar-refractivity contribution in [1.82, 2.24) is 15.3 Å². The van der Waals surface area contributed by atoms with Crippen molar-refractivity contribution in [3.63, 3.8) is 0 Å². The van der Waals surface area contributed by atoms with E-state index in [4.69, 9.17) is 0 Å². The summed E-state index contributed by atoms with van der Waals surface area (Å²) in [6, 6.07) is 13.8. The zero-order chi connectivity index (χ0) is 28.3. The Balaban J connectivity index is 0.000000267. The fourth-order valence-electron chi connectivity index (χ4n) is 4.42. The first-order valence-electron chi connectivity index (χ1n) is 13.1. The number of amides is 1. The Bertz CT molecular complexity index is 1330. The second kappa shape index (κ2) is 14.3. The van der Waals surface area contributed by atoms with Crippen molar-refractivity contribution in [2.45, 2.75) is 52.3 Å². The van der Waals surface area contributed by atoms with Crippen molar-refractivity contribution < 1.29 is 27.1 Å². The molecular weight excluding hydrogens is 510 g/mol. The molecule has 1 aliphatic rings. The van der Waals surface area contributed by atoms with Crippen LogP contribution in [-0.4, -0.2) is 28.8 Å². The highest BCUT2D eigenvalue weighted by Gasteiger charge is 2.31. The van der Waals surface area contributed by atoms with Crippen LogP contribution >= 0.6 is 0 Å². The summed E-state index contributed by atoms with van der Waals surface area (Å²) in [7, 11) is 0. The average Bonchev–Trinajstić information content (AvgIpc) is 3.43. The SMILES string of the molecule is CC.Fc1ccc2ncccc2c1.O=C(NCC1CCCCC1)c1c[nH]cc1-c1cccc(OC(F)(F)F)c1. The standard InChI is InChI=1S/C19H21F3N2O2.C9H6FN.C2H6/c20-19(21,22)26-15-8-4-7-14(9-15)16-11-23-12-17(16)18(25)24-10-13-5-2-1-3-6-13;10-8-3-4-9-7(6-8)2-1-5-11-9;1-2/h4,7-9,11-13,23H,1-3,5-6,10H2,(H,24,25);1-6H;1-2H3. The van der Waals surface area contributed by atoms with Crippen LogP contribution in [0.1, 0.15) is 56.3 Å². The molecule has 0 radical (unpaired) electrons. The van der Waals surface area contributed by atoms with E-state index in [0.29, 0.717) is 29.2 Å². The highest BCUT2D eigenvalue weighted by molar-refractivity contribution is 6.00. The lowest BCUT2D eigenvalue weighted by atomic mass is 9.89. The number of carbonyl (C=O) groups is 1. The number of ether oxygens (including phenoxy) is 1. The number of nitrogens with one attached hydrogen (secondary N) is 2. The molecule has 0 aliphatic heterocycles. The van der Waals surface area contributed by atoms with E-state index < -0.39 is 6.36 Å². The molecule has 0 bridgehead atoms. The third-order valence-corrected chi connectivity index (χ3v) is 6.21. The van der Waals surface area contributed by atoms with Crippen LogP contribution in [0.15, 0.2) is 73.2 Å². The molecule has 2 aromatic heterocycles. The van der Waals surface area contributed by atoms with Gasteiger partial charge in [-0.25, -0.2) is 4.39 Å². The lowest BCUT2D eigenvalue weighted by Gasteiger charge is -2.21. The molecule has 0 spiro atoms. The molecule has 4 aromatic rings. The Hall–Kier alpha value is -3.88. The van der Waals surface area contributed by atoms with Crippen molar-refractivity contribution >= 4 is 16.8 Å². The molecule has 2 N–H and O–H groups in total. The van der Waals surface area contributed by atoms with Crippen LogP contribution in [0.25, 0.3) is 22.0 Å². The fraction of sp³-hybridized carbons (Fsp3) is 0.333. The number of fused-ring (bicyclic) bond motifs is 1. The maximum atomic E-state index is 12.6. The first-order valence-corrected chi connectivity index (χ1v) is 13.1. The number of pyridine rings is 1. The van der Waals surface area contributed by atoms with Crippen LogP contribution in [0.4, 0.5) is 17.6 Å². The molecule has 1 amide bonds. The Morgan fingerprint density at radius 2 is 1.79 bits per heavy atom. The van der Waals surface area contributed by atoms with Crippen LogP contribution in [0, 0.1) is 11.7 Å². The summed E-state index contributed by atoms with van der Waals surface area (Å²) >= 11 is 0. The number of carbonyl (C=O) groups excluding carboxylic acids is 1. The van der Waals surface area contributed by atoms with Gasteiger partial charge in [0.1, 0.15) is 11.6 Å². The number of H-pyrrole nitrogens is 1. The van der Waals surface area contributed by atoms with E-state index in [1.807, 2.05) is 19.9 Å². The van der Waals surface area contributed by atoms with Crippen LogP contribution in [0.2, 0.25) is 0 Å². The van der Waals surface area contributed by atoms with Crippen molar-refractivity contribution in [3.8, 4) is 16.9 Å². The van der Waals surface area contributed by atoms with Gasteiger partial charge in [0.05, 0.1) is 11.1 Å². The molecule has 2 heterocycles. The third kappa shape index (κ3) is 9.12. The number of hydrogen-bond acceptors (Lipinski definition) is 3. The van der Waals surface area contributed by atoms with Gasteiger partial charge in [-0.15, -0.1) is 13.2 Å². The van der Waals surface area contributed by atoms with E-state index in [9.17, 15) is 22.4 Å². The van der Waals surface area contributed by atoms with Crippen LogP contribution in [0.3, 0.4) is 0 Å². The first kappa shape index (κ1) is 29.7. The van der Waals surface area contributed by atoms with Gasteiger partial charge < -0.3 is 15.0 Å². The van der Waals surface area contributed by atoms with E-state index >= 15 is 0 Å². The third-order valence-electron chi connectivity index (χ3n) is 6.21. The van der Waals surface area contributed by atoms with Crippen molar-refractivity contribution in [2.24, 2.45) is 5.92 Å². The fourth-order valence-corrected chi connectivity index (χ4v) is 4.42. The van der Waals surface area contributed by atoms with Gasteiger partial charge in [0, 0.05) is 36.1 Å². The van der Waals surface area contributed by atoms with Crippen molar-refractivity contribution in [2.75, 3.05) is 6.54 Å². The minimum Gasteiger partial charge on any atom is -0.406 e. The lowest BCUT2D eigenvalue weighted by Crippen LogP contribution is -2.30. The normalized spacial score (nSPS) is 13.5. The van der Waals surface area contributed by atoms with Gasteiger partial charge in [0.15, 0.2) is 0 Å². The van der Waals surface area contributed by atoms with E-state index in [2.05, 4.69) is 20.0 Å². The quantitative estimate of drug-likeness (QED) is 0.249. The number of nitrogens with zero attached hydrogens (tertiary/aromatic N) is 1. The maximum Gasteiger partial charge on any atom is 0.573 e. The second-order valence-electron chi connectivity index (χ2n) is 8.91. The van der Waals surface area contributed by atoms with Gasteiger partial charge in [-0.1, -0.05) is 51.3 Å². The predicted molar refractivity (Wildman–Crippen MR) is 145 cm³/mol. The Labute approximate surface area is 225 Å². The largest absolute Gasteiger partial charge is 0.573 e. The zero-order valence-corrected chi connectivity index (χ0v) is 22.0. The number of hydrogen-bond donors (Lipinski definition) is 2. The summed E-state index contributed by atoms with van der Waals surface area (Å²) in [5.41, 5.74) is 2.26. The van der Waals surface area contributed by atoms with E-state index in [1.165, 1.54) is 49.6 Å². The summed E-state index contributed by atoms with van der Waals surface area (Å²) < 4.78 is 53.8. The van der Waals surface area contributed by atoms with Crippen molar-refractivity contribution in [1.29, 1.82) is 0 Å². The Morgan fingerprint density at radius 3 is 2.54 bits per heavy atom. The minimum atomic E-state index is -4.75. The molecule has 0 unspecified atom stereocenters. The molecule has 9 heteroatoms. The summed E-state index contributed by atoms with van der Waals surface area (Å²) in [6.07, 6.45) is 5.99. The molecule has 39 heavy (non-hydrogen) atoms.